The minimum absolute atomic E-state index is 0.00798. The number of methoxy groups -OCH3 is 1. The Morgan fingerprint density at radius 1 is 1.40 bits per heavy atom. The predicted molar refractivity (Wildman–Crippen MR) is 78.0 cm³/mol. The minimum Gasteiger partial charge on any atom is -0.497 e. The fourth-order valence-electron chi connectivity index (χ4n) is 2.46. The molecule has 1 aromatic carbocycles. The third-order valence-corrected chi connectivity index (χ3v) is 3.61. The Morgan fingerprint density at radius 2 is 2.10 bits per heavy atom. The van der Waals surface area contributed by atoms with E-state index in [-0.39, 0.29) is 18.1 Å². The zero-order chi connectivity index (χ0) is 14.5. The molecule has 20 heavy (non-hydrogen) atoms. The van der Waals surface area contributed by atoms with Gasteiger partial charge < -0.3 is 20.1 Å². The number of carbonyl (C=O) groups is 1. The SMILES string of the molecule is CCN(C(=O)[C@@H]1CC[C@H](CN)O1)c1ccc(OC)cc1. The van der Waals surface area contributed by atoms with E-state index >= 15 is 0 Å². The first-order valence-corrected chi connectivity index (χ1v) is 7.00. The van der Waals surface area contributed by atoms with E-state index in [9.17, 15) is 4.79 Å². The smallest absolute Gasteiger partial charge is 0.256 e. The van der Waals surface area contributed by atoms with Gasteiger partial charge in [-0.25, -0.2) is 0 Å². The summed E-state index contributed by atoms with van der Waals surface area (Å²) in [5.41, 5.74) is 6.44. The molecule has 2 N–H and O–H groups in total. The normalized spacial score (nSPS) is 21.8. The second kappa shape index (κ2) is 6.72. The Hall–Kier alpha value is -1.59. The van der Waals surface area contributed by atoms with Gasteiger partial charge in [-0.1, -0.05) is 0 Å². The van der Waals surface area contributed by atoms with Gasteiger partial charge >= 0.3 is 0 Å². The first kappa shape index (κ1) is 14.8. The minimum atomic E-state index is -0.370. The van der Waals surface area contributed by atoms with E-state index in [4.69, 9.17) is 15.2 Å². The molecule has 0 aliphatic carbocycles. The average molecular weight is 278 g/mol. The van der Waals surface area contributed by atoms with Crippen LogP contribution in [0, 0.1) is 0 Å². The first-order valence-electron chi connectivity index (χ1n) is 7.00. The molecule has 1 fully saturated rings. The molecular formula is C15H22N2O3. The van der Waals surface area contributed by atoms with E-state index in [1.807, 2.05) is 31.2 Å². The molecule has 110 valence electrons. The number of rotatable bonds is 5. The van der Waals surface area contributed by atoms with Crippen molar-refractivity contribution >= 4 is 11.6 Å². The summed E-state index contributed by atoms with van der Waals surface area (Å²) in [5.74, 6) is 0.784. The van der Waals surface area contributed by atoms with Gasteiger partial charge in [-0.05, 0) is 44.0 Å². The Morgan fingerprint density at radius 3 is 2.60 bits per heavy atom. The van der Waals surface area contributed by atoms with Crippen LogP contribution in [0.4, 0.5) is 5.69 Å². The van der Waals surface area contributed by atoms with Crippen molar-refractivity contribution in [2.24, 2.45) is 5.73 Å². The largest absolute Gasteiger partial charge is 0.497 e. The molecule has 1 aliphatic heterocycles. The van der Waals surface area contributed by atoms with Crippen LogP contribution in [-0.4, -0.2) is 38.3 Å². The summed E-state index contributed by atoms with van der Waals surface area (Å²) in [6.45, 7) is 3.04. The van der Waals surface area contributed by atoms with E-state index in [0.29, 0.717) is 13.1 Å². The number of amides is 1. The molecule has 5 heteroatoms. The number of carbonyl (C=O) groups excluding carboxylic acids is 1. The van der Waals surface area contributed by atoms with Crippen LogP contribution >= 0.6 is 0 Å². The van der Waals surface area contributed by atoms with Gasteiger partial charge in [-0.3, -0.25) is 4.79 Å². The van der Waals surface area contributed by atoms with Crippen molar-refractivity contribution in [2.45, 2.75) is 32.0 Å². The summed E-state index contributed by atoms with van der Waals surface area (Å²) in [4.78, 5) is 14.3. The van der Waals surface area contributed by atoms with Crippen LogP contribution in [0.1, 0.15) is 19.8 Å². The van der Waals surface area contributed by atoms with Crippen molar-refractivity contribution in [2.75, 3.05) is 25.1 Å². The second-order valence-electron chi connectivity index (χ2n) is 4.84. The van der Waals surface area contributed by atoms with E-state index in [2.05, 4.69) is 0 Å². The van der Waals surface area contributed by atoms with Gasteiger partial charge in [0.1, 0.15) is 11.9 Å². The number of ether oxygens (including phenoxy) is 2. The molecule has 1 aromatic rings. The zero-order valence-corrected chi connectivity index (χ0v) is 12.0. The number of hydrogen-bond acceptors (Lipinski definition) is 4. The topological polar surface area (TPSA) is 64.8 Å². The molecular weight excluding hydrogens is 256 g/mol. The van der Waals surface area contributed by atoms with Crippen LogP contribution in [-0.2, 0) is 9.53 Å². The summed E-state index contributed by atoms with van der Waals surface area (Å²) in [5, 5.41) is 0. The lowest BCUT2D eigenvalue weighted by Crippen LogP contribution is -2.39. The Bertz CT molecular complexity index is 447. The van der Waals surface area contributed by atoms with Crippen LogP contribution in [0.15, 0.2) is 24.3 Å². The predicted octanol–water partition coefficient (Wildman–Crippen LogP) is 1.55. The highest BCUT2D eigenvalue weighted by Crippen LogP contribution is 2.25. The zero-order valence-electron chi connectivity index (χ0n) is 12.0. The number of nitrogens with two attached hydrogens (primary N) is 1. The van der Waals surface area contributed by atoms with E-state index in [1.54, 1.807) is 12.0 Å². The molecule has 1 aliphatic rings. The van der Waals surface area contributed by atoms with Gasteiger partial charge in [0, 0.05) is 18.8 Å². The maximum Gasteiger partial charge on any atom is 0.256 e. The average Bonchev–Trinajstić information content (AvgIpc) is 2.97. The quantitative estimate of drug-likeness (QED) is 0.887. The third-order valence-electron chi connectivity index (χ3n) is 3.61. The maximum absolute atomic E-state index is 12.5. The summed E-state index contributed by atoms with van der Waals surface area (Å²) < 4.78 is 10.8. The van der Waals surface area contributed by atoms with Crippen LogP contribution in [0.2, 0.25) is 0 Å². The number of hydrogen-bond donors (Lipinski definition) is 1. The van der Waals surface area contributed by atoms with Crippen LogP contribution < -0.4 is 15.4 Å². The molecule has 0 aromatic heterocycles. The van der Waals surface area contributed by atoms with Crippen molar-refractivity contribution < 1.29 is 14.3 Å². The molecule has 2 atom stereocenters. The number of benzene rings is 1. The van der Waals surface area contributed by atoms with Crippen molar-refractivity contribution in [3.63, 3.8) is 0 Å². The molecule has 2 rings (SSSR count). The first-order chi connectivity index (χ1) is 9.69. The number of likely N-dealkylation sites (N-methyl/N-ethyl adjacent to an activating group) is 1. The fourth-order valence-corrected chi connectivity index (χ4v) is 2.46. The third kappa shape index (κ3) is 3.11. The van der Waals surface area contributed by atoms with E-state index < -0.39 is 0 Å². The molecule has 1 amide bonds. The molecule has 0 spiro atoms. The summed E-state index contributed by atoms with van der Waals surface area (Å²) in [6, 6.07) is 7.47. The monoisotopic (exact) mass is 278 g/mol. The Balaban J connectivity index is 2.08. The van der Waals surface area contributed by atoms with Gasteiger partial charge in [0.25, 0.3) is 5.91 Å². The van der Waals surface area contributed by atoms with E-state index in [0.717, 1.165) is 24.3 Å². The highest BCUT2D eigenvalue weighted by molar-refractivity contribution is 5.96. The van der Waals surface area contributed by atoms with Crippen LogP contribution in [0.25, 0.3) is 0 Å². The molecule has 0 radical (unpaired) electrons. The van der Waals surface area contributed by atoms with Crippen molar-refractivity contribution in [1.29, 1.82) is 0 Å². The number of nitrogens with zero attached hydrogens (tertiary/aromatic N) is 1. The fraction of sp³-hybridized carbons (Fsp3) is 0.533. The van der Waals surface area contributed by atoms with E-state index in [1.165, 1.54) is 0 Å². The summed E-state index contributed by atoms with van der Waals surface area (Å²) in [6.07, 6.45) is 1.24. The Labute approximate surface area is 119 Å². The van der Waals surface area contributed by atoms with Gasteiger partial charge in [0.15, 0.2) is 0 Å². The van der Waals surface area contributed by atoms with Gasteiger partial charge in [0.2, 0.25) is 0 Å². The van der Waals surface area contributed by atoms with Crippen molar-refractivity contribution in [3.8, 4) is 5.75 Å². The summed E-state index contributed by atoms with van der Waals surface area (Å²) in [7, 11) is 1.62. The molecule has 0 bridgehead atoms. The van der Waals surface area contributed by atoms with Crippen LogP contribution in [0.3, 0.4) is 0 Å². The Kier molecular flexibility index (Phi) is 4.98. The standard InChI is InChI=1S/C15H22N2O3/c1-3-17(11-4-6-12(19-2)7-5-11)15(18)14-9-8-13(10-16)20-14/h4-7,13-14H,3,8-10,16H2,1-2H3/t13-,14+/m1/s1. The number of anilines is 1. The van der Waals surface area contributed by atoms with Gasteiger partial charge in [-0.15, -0.1) is 0 Å². The molecule has 5 nitrogen and oxygen atoms in total. The second-order valence-corrected chi connectivity index (χ2v) is 4.84. The van der Waals surface area contributed by atoms with Crippen molar-refractivity contribution in [3.05, 3.63) is 24.3 Å². The molecule has 1 saturated heterocycles. The molecule has 1 heterocycles. The van der Waals surface area contributed by atoms with Crippen molar-refractivity contribution in [1.82, 2.24) is 0 Å². The van der Waals surface area contributed by atoms with Gasteiger partial charge in [0.05, 0.1) is 13.2 Å². The molecule has 0 saturated carbocycles. The maximum atomic E-state index is 12.5. The van der Waals surface area contributed by atoms with Gasteiger partial charge in [-0.2, -0.15) is 0 Å². The molecule has 0 unspecified atom stereocenters. The lowest BCUT2D eigenvalue weighted by Gasteiger charge is -2.24. The summed E-state index contributed by atoms with van der Waals surface area (Å²) >= 11 is 0. The van der Waals surface area contributed by atoms with Crippen LogP contribution in [0.5, 0.6) is 5.75 Å². The lowest BCUT2D eigenvalue weighted by molar-refractivity contribution is -0.129. The lowest BCUT2D eigenvalue weighted by atomic mass is 10.1. The highest BCUT2D eigenvalue weighted by atomic mass is 16.5. The highest BCUT2D eigenvalue weighted by Gasteiger charge is 2.32.